The lowest BCUT2D eigenvalue weighted by Gasteiger charge is -2.06. The number of ether oxygens (including phenoxy) is 1. The molecule has 3 heterocycles. The zero-order valence-corrected chi connectivity index (χ0v) is 19.1. The van der Waals surface area contributed by atoms with Gasteiger partial charge in [0.2, 0.25) is 0 Å². The maximum absolute atomic E-state index is 13.3. The summed E-state index contributed by atoms with van der Waals surface area (Å²) < 4.78 is 12.5. The largest absolute Gasteiger partial charge is 0.497 e. The Kier molecular flexibility index (Phi) is 5.55. The molecule has 0 aliphatic carbocycles. The first-order chi connectivity index (χ1) is 16.5. The zero-order chi connectivity index (χ0) is 23.7. The van der Waals surface area contributed by atoms with Crippen molar-refractivity contribution in [3.63, 3.8) is 0 Å². The third kappa shape index (κ3) is 4.25. The average molecular weight is 454 g/mol. The summed E-state index contributed by atoms with van der Waals surface area (Å²) in [6, 6.07) is 19.2. The smallest absolute Gasteiger partial charge is 0.259 e. The van der Waals surface area contributed by atoms with E-state index in [2.05, 4.69) is 51.7 Å². The van der Waals surface area contributed by atoms with Gasteiger partial charge in [0, 0.05) is 23.5 Å². The molecule has 0 bridgehead atoms. The molecule has 5 aromatic rings. The highest BCUT2D eigenvalue weighted by Crippen LogP contribution is 2.31. The SMILES string of the molecule is COc1ccc(-c2noc3nc(C)cc(C(=O)Nc4ccn(Cc5ccc(C)cc5)n4)c23)cc1. The van der Waals surface area contributed by atoms with Crippen molar-refractivity contribution in [1.29, 1.82) is 0 Å². The van der Waals surface area contributed by atoms with E-state index < -0.39 is 0 Å². The van der Waals surface area contributed by atoms with Crippen molar-refractivity contribution in [1.82, 2.24) is 19.9 Å². The Labute approximate surface area is 196 Å². The van der Waals surface area contributed by atoms with Crippen molar-refractivity contribution in [2.45, 2.75) is 20.4 Å². The molecule has 8 nitrogen and oxygen atoms in total. The van der Waals surface area contributed by atoms with Gasteiger partial charge in [-0.1, -0.05) is 35.0 Å². The number of pyridine rings is 1. The van der Waals surface area contributed by atoms with Crippen LogP contribution in [-0.2, 0) is 6.54 Å². The molecule has 0 aliphatic heterocycles. The maximum atomic E-state index is 13.3. The maximum Gasteiger partial charge on any atom is 0.259 e. The second kappa shape index (κ2) is 8.82. The number of nitrogens with one attached hydrogen (secondary N) is 1. The molecule has 0 radical (unpaired) electrons. The third-order valence-electron chi connectivity index (χ3n) is 5.53. The number of aromatic nitrogens is 4. The molecule has 0 saturated heterocycles. The Balaban J connectivity index is 1.43. The van der Waals surface area contributed by atoms with Gasteiger partial charge in [0.05, 0.1) is 24.6 Å². The van der Waals surface area contributed by atoms with Gasteiger partial charge in [0.15, 0.2) is 5.82 Å². The molecular formula is C26H23N5O3. The average Bonchev–Trinajstić information content (AvgIpc) is 3.46. The topological polar surface area (TPSA) is 95.1 Å². The lowest BCUT2D eigenvalue weighted by Crippen LogP contribution is -2.14. The standard InChI is InChI=1S/C26H23N5O3/c1-16-4-6-18(7-5-16)15-31-13-12-22(29-31)28-25(32)21-14-17(2)27-26-23(21)24(30-34-26)19-8-10-20(33-3)11-9-19/h4-14H,15H2,1-3H3,(H,28,29,32). The minimum absolute atomic E-state index is 0.306. The fourth-order valence-corrected chi connectivity index (χ4v) is 3.78. The van der Waals surface area contributed by atoms with Crippen LogP contribution >= 0.6 is 0 Å². The summed E-state index contributed by atoms with van der Waals surface area (Å²) in [7, 11) is 1.61. The Morgan fingerprint density at radius 3 is 2.56 bits per heavy atom. The van der Waals surface area contributed by atoms with Crippen LogP contribution in [0.5, 0.6) is 5.75 Å². The summed E-state index contributed by atoms with van der Waals surface area (Å²) in [6.07, 6.45) is 1.84. The number of hydrogen-bond acceptors (Lipinski definition) is 6. The van der Waals surface area contributed by atoms with Crippen molar-refractivity contribution in [2.24, 2.45) is 0 Å². The van der Waals surface area contributed by atoms with Gasteiger partial charge < -0.3 is 14.6 Å². The minimum Gasteiger partial charge on any atom is -0.497 e. The lowest BCUT2D eigenvalue weighted by atomic mass is 10.0. The van der Waals surface area contributed by atoms with Crippen LogP contribution in [0, 0.1) is 13.8 Å². The minimum atomic E-state index is -0.311. The quantitative estimate of drug-likeness (QED) is 0.388. The number of anilines is 1. The van der Waals surface area contributed by atoms with E-state index in [4.69, 9.17) is 9.26 Å². The molecule has 1 amide bonds. The van der Waals surface area contributed by atoms with Crippen LogP contribution in [0.15, 0.2) is 71.4 Å². The first-order valence-corrected chi connectivity index (χ1v) is 10.8. The first kappa shape index (κ1) is 21.4. The Morgan fingerprint density at radius 1 is 1.06 bits per heavy atom. The van der Waals surface area contributed by atoms with Crippen LogP contribution in [0.4, 0.5) is 5.82 Å². The second-order valence-corrected chi connectivity index (χ2v) is 8.09. The van der Waals surface area contributed by atoms with Crippen molar-refractivity contribution in [3.8, 4) is 17.0 Å². The van der Waals surface area contributed by atoms with E-state index in [1.165, 1.54) is 5.56 Å². The predicted molar refractivity (Wildman–Crippen MR) is 129 cm³/mol. The summed E-state index contributed by atoms with van der Waals surface area (Å²) >= 11 is 0. The van der Waals surface area contributed by atoms with E-state index in [-0.39, 0.29) is 5.91 Å². The van der Waals surface area contributed by atoms with Crippen LogP contribution in [0.25, 0.3) is 22.4 Å². The number of nitrogens with zero attached hydrogens (tertiary/aromatic N) is 4. The zero-order valence-electron chi connectivity index (χ0n) is 19.1. The number of aryl methyl sites for hydroxylation is 2. The Morgan fingerprint density at radius 2 is 1.82 bits per heavy atom. The summed E-state index contributed by atoms with van der Waals surface area (Å²) in [4.78, 5) is 17.7. The molecule has 0 fully saturated rings. The summed E-state index contributed by atoms with van der Waals surface area (Å²) in [6.45, 7) is 4.48. The fraction of sp³-hybridized carbons (Fsp3) is 0.154. The van der Waals surface area contributed by atoms with Crippen LogP contribution < -0.4 is 10.1 Å². The summed E-state index contributed by atoms with van der Waals surface area (Å²) in [5.74, 6) is 0.876. The van der Waals surface area contributed by atoms with Crippen molar-refractivity contribution < 1.29 is 14.1 Å². The number of hydrogen-bond donors (Lipinski definition) is 1. The molecule has 0 spiro atoms. The molecule has 34 heavy (non-hydrogen) atoms. The first-order valence-electron chi connectivity index (χ1n) is 10.8. The van der Waals surface area contributed by atoms with Crippen molar-refractivity contribution in [3.05, 3.63) is 89.2 Å². The van der Waals surface area contributed by atoms with Gasteiger partial charge >= 0.3 is 0 Å². The Hall–Kier alpha value is -4.46. The van der Waals surface area contributed by atoms with E-state index in [0.29, 0.717) is 40.4 Å². The normalized spacial score (nSPS) is 11.0. The van der Waals surface area contributed by atoms with Crippen LogP contribution in [-0.4, -0.2) is 32.9 Å². The number of amides is 1. The highest BCUT2D eigenvalue weighted by Gasteiger charge is 2.21. The molecule has 1 N–H and O–H groups in total. The number of rotatable bonds is 6. The molecule has 170 valence electrons. The van der Waals surface area contributed by atoms with Gasteiger partial charge in [-0.15, -0.1) is 0 Å². The second-order valence-electron chi connectivity index (χ2n) is 8.09. The molecular weight excluding hydrogens is 430 g/mol. The number of fused-ring (bicyclic) bond motifs is 1. The molecule has 0 atom stereocenters. The third-order valence-corrected chi connectivity index (χ3v) is 5.53. The summed E-state index contributed by atoms with van der Waals surface area (Å²) in [5.41, 5.74) is 5.05. The van der Waals surface area contributed by atoms with Crippen LogP contribution in [0.2, 0.25) is 0 Å². The van der Waals surface area contributed by atoms with Gasteiger partial charge in [-0.25, -0.2) is 4.98 Å². The molecule has 5 rings (SSSR count). The van der Waals surface area contributed by atoms with E-state index in [1.54, 1.807) is 23.9 Å². The van der Waals surface area contributed by atoms with Gasteiger partial charge in [-0.05, 0) is 49.7 Å². The van der Waals surface area contributed by atoms with Gasteiger partial charge in [-0.3, -0.25) is 9.48 Å². The summed E-state index contributed by atoms with van der Waals surface area (Å²) in [5, 5.41) is 12.1. The number of carbonyl (C=O) groups is 1. The van der Waals surface area contributed by atoms with Crippen LogP contribution in [0.1, 0.15) is 27.2 Å². The highest BCUT2D eigenvalue weighted by atomic mass is 16.5. The number of methoxy groups -OCH3 is 1. The van der Waals surface area contributed by atoms with Gasteiger partial charge in [0.25, 0.3) is 11.6 Å². The molecule has 0 unspecified atom stereocenters. The van der Waals surface area contributed by atoms with E-state index in [0.717, 1.165) is 16.9 Å². The molecule has 8 heteroatoms. The van der Waals surface area contributed by atoms with Crippen molar-refractivity contribution in [2.75, 3.05) is 12.4 Å². The van der Waals surface area contributed by atoms with Gasteiger partial charge in [0.1, 0.15) is 11.4 Å². The predicted octanol–water partition coefficient (Wildman–Crippen LogP) is 5.01. The number of benzene rings is 2. The highest BCUT2D eigenvalue weighted by molar-refractivity contribution is 6.14. The van der Waals surface area contributed by atoms with E-state index >= 15 is 0 Å². The van der Waals surface area contributed by atoms with Crippen molar-refractivity contribution >= 4 is 22.8 Å². The van der Waals surface area contributed by atoms with Gasteiger partial charge in [-0.2, -0.15) is 5.10 Å². The molecule has 3 aromatic heterocycles. The molecule has 2 aromatic carbocycles. The molecule has 0 aliphatic rings. The van der Waals surface area contributed by atoms with Crippen LogP contribution in [0.3, 0.4) is 0 Å². The molecule has 0 saturated carbocycles. The monoisotopic (exact) mass is 453 g/mol. The van der Waals surface area contributed by atoms with E-state index in [1.807, 2.05) is 37.4 Å². The van der Waals surface area contributed by atoms with E-state index in [9.17, 15) is 4.79 Å². The fourth-order valence-electron chi connectivity index (χ4n) is 3.78. The lowest BCUT2D eigenvalue weighted by molar-refractivity contribution is 0.102. The Bertz CT molecular complexity index is 1470. The number of carbonyl (C=O) groups excluding carboxylic acids is 1.